The van der Waals surface area contributed by atoms with Crippen LogP contribution in [0.2, 0.25) is 0 Å². The third-order valence-corrected chi connectivity index (χ3v) is 6.21. The predicted molar refractivity (Wildman–Crippen MR) is 134 cm³/mol. The highest BCUT2D eigenvalue weighted by Gasteiger charge is 2.51. The van der Waals surface area contributed by atoms with Gasteiger partial charge in [0, 0.05) is 19.5 Å². The molecule has 2 fully saturated rings. The monoisotopic (exact) mass is 496 g/mol. The summed E-state index contributed by atoms with van der Waals surface area (Å²) in [6.07, 6.45) is -0.453. The largest absolute Gasteiger partial charge is 0.489 e. The maximum Gasteiger partial charge on any atom is 0.408 e. The Labute approximate surface area is 212 Å². The number of hydrogen-bond donors (Lipinski definition) is 1. The fourth-order valence-electron chi connectivity index (χ4n) is 4.56. The van der Waals surface area contributed by atoms with E-state index in [1.807, 2.05) is 68.4 Å². The molecule has 2 saturated heterocycles. The summed E-state index contributed by atoms with van der Waals surface area (Å²) in [4.78, 5) is 28.4. The highest BCUT2D eigenvalue weighted by atomic mass is 16.7. The molecule has 2 aliphatic heterocycles. The van der Waals surface area contributed by atoms with Crippen LogP contribution in [0.1, 0.15) is 52.2 Å². The number of amides is 2. The lowest BCUT2D eigenvalue weighted by Gasteiger charge is -2.31. The van der Waals surface area contributed by atoms with E-state index < -0.39 is 23.0 Å². The molecule has 2 atom stereocenters. The van der Waals surface area contributed by atoms with Gasteiger partial charge in [0.2, 0.25) is 0 Å². The minimum atomic E-state index is -1.24. The van der Waals surface area contributed by atoms with Crippen LogP contribution in [0.25, 0.3) is 0 Å². The summed E-state index contributed by atoms with van der Waals surface area (Å²) in [6, 6.07) is 17.2. The number of carbonyl (C=O) groups excluding carboxylic acids is 2. The number of ether oxygens (including phenoxy) is 4. The molecule has 0 spiro atoms. The van der Waals surface area contributed by atoms with Crippen LogP contribution in [-0.2, 0) is 31.2 Å². The van der Waals surface area contributed by atoms with E-state index in [-0.39, 0.29) is 12.0 Å². The van der Waals surface area contributed by atoms with Gasteiger partial charge in [-0.15, -0.1) is 0 Å². The second-order valence-corrected chi connectivity index (χ2v) is 10.8. The fourth-order valence-corrected chi connectivity index (χ4v) is 4.56. The summed E-state index contributed by atoms with van der Waals surface area (Å²) in [7, 11) is 0. The molecular formula is C28H36N2O6. The lowest BCUT2D eigenvalue weighted by Crippen LogP contribution is -2.53. The zero-order chi connectivity index (χ0) is 26.0. The van der Waals surface area contributed by atoms with Gasteiger partial charge in [-0.3, -0.25) is 4.79 Å². The van der Waals surface area contributed by atoms with E-state index in [9.17, 15) is 9.59 Å². The molecule has 8 nitrogen and oxygen atoms in total. The molecule has 2 heterocycles. The van der Waals surface area contributed by atoms with Crippen molar-refractivity contribution in [1.82, 2.24) is 10.2 Å². The van der Waals surface area contributed by atoms with Crippen LogP contribution in [-0.4, -0.2) is 54.1 Å². The standard InChI is InChI=1S/C28H36N2O6/c1-26(2,3)36-25(32)29-28(15-16-30(24(28)31)17-23-19-34-27(4,5)35-23)21-11-13-22(14-12-21)33-18-20-9-7-6-8-10-20/h6-14,23H,15-19H2,1-5H3,(H,29,32). The van der Waals surface area contributed by atoms with Gasteiger partial charge in [0.05, 0.1) is 6.61 Å². The van der Waals surface area contributed by atoms with E-state index in [4.69, 9.17) is 18.9 Å². The Kier molecular flexibility index (Phi) is 7.29. The maximum absolute atomic E-state index is 13.8. The number of rotatable bonds is 7. The Morgan fingerprint density at radius 2 is 1.81 bits per heavy atom. The molecule has 0 aliphatic carbocycles. The zero-order valence-corrected chi connectivity index (χ0v) is 21.7. The molecule has 1 N–H and O–H groups in total. The van der Waals surface area contributed by atoms with Crippen LogP contribution >= 0.6 is 0 Å². The van der Waals surface area contributed by atoms with Gasteiger partial charge < -0.3 is 29.2 Å². The molecule has 2 aromatic rings. The van der Waals surface area contributed by atoms with Crippen LogP contribution in [0.3, 0.4) is 0 Å². The minimum Gasteiger partial charge on any atom is -0.489 e. The smallest absolute Gasteiger partial charge is 0.408 e. The molecule has 2 unspecified atom stereocenters. The number of likely N-dealkylation sites (tertiary alicyclic amines) is 1. The number of nitrogens with one attached hydrogen (secondary N) is 1. The Bertz CT molecular complexity index is 1060. The van der Waals surface area contributed by atoms with Crippen molar-refractivity contribution in [1.29, 1.82) is 0 Å². The molecule has 2 aliphatic rings. The first kappa shape index (κ1) is 26.0. The van der Waals surface area contributed by atoms with Crippen molar-refractivity contribution < 1.29 is 28.5 Å². The van der Waals surface area contributed by atoms with Gasteiger partial charge in [0.25, 0.3) is 5.91 Å². The van der Waals surface area contributed by atoms with Crippen molar-refractivity contribution in [2.75, 3.05) is 19.7 Å². The van der Waals surface area contributed by atoms with Gasteiger partial charge >= 0.3 is 6.09 Å². The number of carbonyl (C=O) groups is 2. The molecule has 0 bridgehead atoms. The van der Waals surface area contributed by atoms with Crippen LogP contribution in [0.15, 0.2) is 54.6 Å². The summed E-state index contributed by atoms with van der Waals surface area (Å²) in [6.45, 7) is 10.8. The van der Waals surface area contributed by atoms with Gasteiger partial charge in [0.1, 0.15) is 29.6 Å². The van der Waals surface area contributed by atoms with E-state index in [2.05, 4.69) is 5.32 Å². The molecule has 2 aromatic carbocycles. The summed E-state index contributed by atoms with van der Waals surface area (Å²) >= 11 is 0. The fraction of sp³-hybridized carbons (Fsp3) is 0.500. The quantitative estimate of drug-likeness (QED) is 0.613. The third kappa shape index (κ3) is 6.17. The van der Waals surface area contributed by atoms with Crippen molar-refractivity contribution in [3.8, 4) is 5.75 Å². The zero-order valence-electron chi connectivity index (χ0n) is 21.7. The van der Waals surface area contributed by atoms with Crippen molar-refractivity contribution in [2.45, 2.75) is 70.7 Å². The van der Waals surface area contributed by atoms with Crippen LogP contribution in [0, 0.1) is 0 Å². The first-order valence-electron chi connectivity index (χ1n) is 12.4. The lowest BCUT2D eigenvalue weighted by atomic mass is 9.88. The highest BCUT2D eigenvalue weighted by Crippen LogP contribution is 2.36. The number of alkyl carbamates (subject to hydrolysis) is 1. The van der Waals surface area contributed by atoms with E-state index in [1.54, 1.807) is 25.7 Å². The average Bonchev–Trinajstić information content (AvgIpc) is 3.31. The second kappa shape index (κ2) is 10.1. The normalized spacial score (nSPS) is 23.5. The molecular weight excluding hydrogens is 460 g/mol. The third-order valence-electron chi connectivity index (χ3n) is 6.21. The summed E-state index contributed by atoms with van der Waals surface area (Å²) in [5, 5.41) is 2.90. The van der Waals surface area contributed by atoms with E-state index in [1.165, 1.54) is 0 Å². The van der Waals surface area contributed by atoms with Gasteiger partial charge in [-0.2, -0.15) is 0 Å². The Morgan fingerprint density at radius 1 is 1.11 bits per heavy atom. The number of nitrogens with zero attached hydrogens (tertiary/aromatic N) is 1. The minimum absolute atomic E-state index is 0.195. The molecule has 0 radical (unpaired) electrons. The summed E-state index contributed by atoms with van der Waals surface area (Å²) < 4.78 is 23.0. The average molecular weight is 497 g/mol. The van der Waals surface area contributed by atoms with Crippen molar-refractivity contribution in [3.05, 3.63) is 65.7 Å². The van der Waals surface area contributed by atoms with Crippen molar-refractivity contribution in [2.24, 2.45) is 0 Å². The Balaban J connectivity index is 1.52. The van der Waals surface area contributed by atoms with Gasteiger partial charge in [0.15, 0.2) is 5.79 Å². The number of hydrogen-bond acceptors (Lipinski definition) is 6. The van der Waals surface area contributed by atoms with Crippen molar-refractivity contribution >= 4 is 12.0 Å². The maximum atomic E-state index is 13.8. The Hall–Kier alpha value is -3.10. The first-order valence-corrected chi connectivity index (χ1v) is 12.4. The van der Waals surface area contributed by atoms with Crippen LogP contribution in [0.5, 0.6) is 5.75 Å². The van der Waals surface area contributed by atoms with Crippen LogP contribution in [0.4, 0.5) is 4.79 Å². The van der Waals surface area contributed by atoms with Gasteiger partial charge in [-0.05, 0) is 57.9 Å². The molecule has 194 valence electrons. The van der Waals surface area contributed by atoms with Crippen molar-refractivity contribution in [3.63, 3.8) is 0 Å². The Morgan fingerprint density at radius 3 is 2.42 bits per heavy atom. The summed E-state index contributed by atoms with van der Waals surface area (Å²) in [5.74, 6) is -0.190. The molecule has 36 heavy (non-hydrogen) atoms. The van der Waals surface area contributed by atoms with E-state index in [0.29, 0.717) is 44.0 Å². The highest BCUT2D eigenvalue weighted by molar-refractivity contribution is 5.93. The summed E-state index contributed by atoms with van der Waals surface area (Å²) in [5.41, 5.74) is -0.193. The number of benzene rings is 2. The molecule has 4 rings (SSSR count). The molecule has 0 aromatic heterocycles. The molecule has 8 heteroatoms. The molecule has 0 saturated carbocycles. The van der Waals surface area contributed by atoms with E-state index >= 15 is 0 Å². The predicted octanol–water partition coefficient (Wildman–Crippen LogP) is 4.37. The first-order chi connectivity index (χ1) is 17.0. The van der Waals surface area contributed by atoms with E-state index in [0.717, 1.165) is 5.56 Å². The topological polar surface area (TPSA) is 86.3 Å². The van der Waals surface area contributed by atoms with Gasteiger partial charge in [-0.1, -0.05) is 42.5 Å². The second-order valence-electron chi connectivity index (χ2n) is 10.8. The SMILES string of the molecule is CC(C)(C)OC(=O)NC1(c2ccc(OCc3ccccc3)cc2)CCN(CC2COC(C)(C)O2)C1=O. The van der Waals surface area contributed by atoms with Crippen LogP contribution < -0.4 is 10.1 Å². The van der Waals surface area contributed by atoms with Gasteiger partial charge in [-0.25, -0.2) is 4.79 Å². The molecule has 2 amide bonds. The lowest BCUT2D eigenvalue weighted by molar-refractivity contribution is -0.146.